The van der Waals surface area contributed by atoms with Crippen LogP contribution in [-0.2, 0) is 55.8 Å². The van der Waals surface area contributed by atoms with Crippen LogP contribution in [0.3, 0.4) is 0 Å². The van der Waals surface area contributed by atoms with Crippen molar-refractivity contribution in [1.29, 1.82) is 0 Å². The topological polar surface area (TPSA) is 231 Å². The first-order valence-electron chi connectivity index (χ1n) is 35.2. The molecule has 0 aromatic carbocycles. The van der Waals surface area contributed by atoms with E-state index in [-0.39, 0.29) is 19.3 Å². The smallest absolute Gasteiger partial charge is 0.463 e. The number of ether oxygens (including phenoxy) is 3. The molecule has 0 aliphatic rings. The summed E-state index contributed by atoms with van der Waals surface area (Å²) in [6.07, 6.45) is 74.4. The highest BCUT2D eigenvalue weighted by Gasteiger charge is 2.29. The van der Waals surface area contributed by atoms with Crippen molar-refractivity contribution in [2.75, 3.05) is 39.6 Å². The van der Waals surface area contributed by atoms with Gasteiger partial charge in [-0.2, -0.15) is 0 Å². The Morgan fingerprint density at radius 3 is 0.934 bits per heavy atom. The number of rotatable bonds is 66. The van der Waals surface area contributed by atoms with Crippen molar-refractivity contribution in [3.63, 3.8) is 0 Å². The van der Waals surface area contributed by atoms with Gasteiger partial charge in [0.05, 0.1) is 26.4 Å². The molecule has 0 heterocycles. The lowest BCUT2D eigenvalue weighted by Gasteiger charge is -2.21. The lowest BCUT2D eigenvalue weighted by molar-refractivity contribution is -0.161. The number of unbranched alkanes of at least 4 members (excludes halogenated alkanes) is 25. The summed E-state index contributed by atoms with van der Waals surface area (Å²) in [5.74, 6) is -1.61. The number of hydrogen-bond donors (Lipinski definition) is 4. The molecule has 5 atom stereocenters. The summed E-state index contributed by atoms with van der Waals surface area (Å²) in [6, 6.07) is 0. The van der Waals surface area contributed by atoms with Crippen molar-refractivity contribution < 1.29 is 75.8 Å². The second kappa shape index (κ2) is 66.2. The molecule has 0 bridgehead atoms. The van der Waals surface area contributed by atoms with Gasteiger partial charge in [0.1, 0.15) is 25.4 Å². The van der Waals surface area contributed by atoms with E-state index in [1.54, 1.807) is 0 Å². The fourth-order valence-corrected chi connectivity index (χ4v) is 10.7. The van der Waals surface area contributed by atoms with E-state index in [0.717, 1.165) is 148 Å². The first-order valence-corrected chi connectivity index (χ1v) is 38.2. The highest BCUT2D eigenvalue weighted by atomic mass is 31.2. The standard InChI is InChI=1S/C73H126O16P2/c1-4-7-10-13-16-19-22-25-27-28-29-30-31-32-33-34-35-36-37-38-40-43-44-47-50-53-56-59-71(76)83-62-68(74)63-85-90(79,80)86-64-69(75)65-87-91(81,82)88-67-70(89-73(78)61-58-55-52-49-46-41-24-21-18-15-12-9-6-3)66-84-72(77)60-57-54-51-48-45-42-39-26-23-20-17-14-11-8-5-2/h7-8,10-11,16-17,19-21,24-27,29-30,32-33,39,68-70,74-75H,4-6,9,12-15,18,22-23,28,31,34-38,40-67H2,1-3H3,(H,79,80)(H,81,82)/b10-7-,11-8-,19-16-,20-17-,24-21-,27-25-,30-29-,33-32-,39-26-. The molecular formula is C73H126O16P2. The second-order valence-electron chi connectivity index (χ2n) is 23.3. The minimum Gasteiger partial charge on any atom is -0.463 e. The normalized spacial score (nSPS) is 14.8. The van der Waals surface area contributed by atoms with E-state index in [0.29, 0.717) is 19.3 Å². The van der Waals surface area contributed by atoms with Crippen LogP contribution in [0.2, 0.25) is 0 Å². The van der Waals surface area contributed by atoms with E-state index in [1.807, 2.05) is 0 Å². The van der Waals surface area contributed by atoms with Crippen LogP contribution in [0.15, 0.2) is 109 Å². The molecule has 0 amide bonds. The summed E-state index contributed by atoms with van der Waals surface area (Å²) in [6.45, 7) is 2.39. The zero-order chi connectivity index (χ0) is 66.7. The number of carbonyl (C=O) groups is 3. The number of aliphatic hydroxyl groups excluding tert-OH is 2. The van der Waals surface area contributed by atoms with E-state index < -0.39 is 91.5 Å². The maximum absolute atomic E-state index is 12.9. The van der Waals surface area contributed by atoms with Gasteiger partial charge < -0.3 is 34.2 Å². The Hall–Kier alpha value is -3.79. The van der Waals surface area contributed by atoms with Crippen molar-refractivity contribution >= 4 is 33.6 Å². The van der Waals surface area contributed by atoms with Crippen LogP contribution in [0.1, 0.15) is 278 Å². The largest absolute Gasteiger partial charge is 0.472 e. The molecule has 5 unspecified atom stereocenters. The molecule has 0 saturated carbocycles. The van der Waals surface area contributed by atoms with Gasteiger partial charge in [-0.15, -0.1) is 0 Å². The predicted molar refractivity (Wildman–Crippen MR) is 371 cm³/mol. The number of hydrogen-bond acceptors (Lipinski definition) is 14. The van der Waals surface area contributed by atoms with Gasteiger partial charge in [-0.25, -0.2) is 9.13 Å². The van der Waals surface area contributed by atoms with Crippen LogP contribution in [-0.4, -0.2) is 95.9 Å². The summed E-state index contributed by atoms with van der Waals surface area (Å²) in [5, 5.41) is 20.6. The maximum Gasteiger partial charge on any atom is 0.472 e. The quantitative estimate of drug-likeness (QED) is 0.0146. The molecule has 0 saturated heterocycles. The van der Waals surface area contributed by atoms with Crippen LogP contribution in [0, 0.1) is 0 Å². The zero-order valence-corrected chi connectivity index (χ0v) is 58.5. The predicted octanol–water partition coefficient (Wildman–Crippen LogP) is 19.6. The first-order chi connectivity index (χ1) is 44.2. The molecule has 0 aliphatic heterocycles. The van der Waals surface area contributed by atoms with Crippen LogP contribution < -0.4 is 0 Å². The summed E-state index contributed by atoms with van der Waals surface area (Å²) in [7, 11) is -9.78. The fourth-order valence-electron chi connectivity index (χ4n) is 9.14. The fraction of sp³-hybridized carbons (Fsp3) is 0.712. The third kappa shape index (κ3) is 67.4. The molecule has 0 rings (SSSR count). The third-order valence-corrected chi connectivity index (χ3v) is 16.4. The van der Waals surface area contributed by atoms with E-state index in [4.69, 9.17) is 32.3 Å². The number of esters is 3. The minimum atomic E-state index is -4.93. The lowest BCUT2D eigenvalue weighted by Crippen LogP contribution is -2.30. The first kappa shape index (κ1) is 87.2. The summed E-state index contributed by atoms with van der Waals surface area (Å²) in [5.41, 5.74) is 0. The Bertz CT molecular complexity index is 2100. The molecule has 4 N–H and O–H groups in total. The monoisotopic (exact) mass is 1320 g/mol. The molecule has 0 fully saturated rings. The van der Waals surface area contributed by atoms with Crippen LogP contribution >= 0.6 is 15.6 Å². The number of allylic oxidation sites excluding steroid dienone is 18. The van der Waals surface area contributed by atoms with Gasteiger partial charge in [0.2, 0.25) is 0 Å². The van der Waals surface area contributed by atoms with Crippen molar-refractivity contribution in [2.45, 2.75) is 296 Å². The number of phosphoric acid groups is 2. The minimum absolute atomic E-state index is 0.0899. The van der Waals surface area contributed by atoms with Crippen molar-refractivity contribution in [2.24, 2.45) is 0 Å². The van der Waals surface area contributed by atoms with Gasteiger partial charge in [-0.05, 0) is 122 Å². The second-order valence-corrected chi connectivity index (χ2v) is 26.2. The highest BCUT2D eigenvalue weighted by Crippen LogP contribution is 2.45. The molecule has 16 nitrogen and oxygen atoms in total. The van der Waals surface area contributed by atoms with Crippen LogP contribution in [0.4, 0.5) is 0 Å². The van der Waals surface area contributed by atoms with Gasteiger partial charge in [-0.1, -0.05) is 246 Å². The average molecular weight is 1320 g/mol. The van der Waals surface area contributed by atoms with Gasteiger partial charge >= 0.3 is 33.6 Å². The van der Waals surface area contributed by atoms with E-state index in [9.17, 15) is 43.5 Å². The van der Waals surface area contributed by atoms with Gasteiger partial charge in [0, 0.05) is 19.3 Å². The zero-order valence-electron chi connectivity index (χ0n) is 56.7. The Labute approximate surface area is 551 Å². The molecular weight excluding hydrogens is 1190 g/mol. The Morgan fingerprint density at radius 2 is 0.582 bits per heavy atom. The number of carbonyl (C=O) groups excluding carboxylic acids is 3. The SMILES string of the molecule is CC/C=C\C/C=C\C/C=C\C/C=C\C/C=C\CCCCCCCCCCCCCC(=O)OCC(O)COP(=O)(O)OCC(O)COP(=O)(O)OCC(COC(=O)CCCCCCC/C=C\C/C=C\C/C=C\CC)OC(=O)CCCCCCC/C=C\CCCCCC. The van der Waals surface area contributed by atoms with Crippen molar-refractivity contribution in [3.05, 3.63) is 109 Å². The molecule has 0 aliphatic carbocycles. The summed E-state index contributed by atoms with van der Waals surface area (Å²) < 4.78 is 60.9. The van der Waals surface area contributed by atoms with Gasteiger partial charge in [-0.3, -0.25) is 32.5 Å². The van der Waals surface area contributed by atoms with Crippen LogP contribution in [0.25, 0.3) is 0 Å². The van der Waals surface area contributed by atoms with Crippen molar-refractivity contribution in [1.82, 2.24) is 0 Å². The lowest BCUT2D eigenvalue weighted by atomic mass is 10.0. The molecule has 0 aromatic rings. The third-order valence-electron chi connectivity index (χ3n) is 14.5. The number of phosphoric ester groups is 2. The maximum atomic E-state index is 12.9. The Kier molecular flexibility index (Phi) is 63.5. The van der Waals surface area contributed by atoms with Gasteiger partial charge in [0.25, 0.3) is 0 Å². The molecule has 18 heteroatoms. The van der Waals surface area contributed by atoms with Crippen molar-refractivity contribution in [3.8, 4) is 0 Å². The molecule has 91 heavy (non-hydrogen) atoms. The average Bonchev–Trinajstić information content (AvgIpc) is 3.70. The molecule has 0 spiro atoms. The van der Waals surface area contributed by atoms with Gasteiger partial charge in [0.15, 0.2) is 6.10 Å². The molecule has 0 aromatic heterocycles. The van der Waals surface area contributed by atoms with Crippen LogP contribution in [0.5, 0.6) is 0 Å². The summed E-state index contributed by atoms with van der Waals surface area (Å²) >= 11 is 0. The molecule has 524 valence electrons. The van der Waals surface area contributed by atoms with E-state index >= 15 is 0 Å². The Morgan fingerprint density at radius 1 is 0.319 bits per heavy atom. The van der Waals surface area contributed by atoms with E-state index in [2.05, 4.69) is 130 Å². The van der Waals surface area contributed by atoms with E-state index in [1.165, 1.54) is 70.6 Å². The summed E-state index contributed by atoms with van der Waals surface area (Å²) in [4.78, 5) is 58.3. The highest BCUT2D eigenvalue weighted by molar-refractivity contribution is 7.47. The number of aliphatic hydroxyl groups is 2. The molecule has 0 radical (unpaired) electrons. The Balaban J connectivity index is 4.50.